The summed E-state index contributed by atoms with van der Waals surface area (Å²) >= 11 is 0. The average molecular weight is 358 g/mol. The summed E-state index contributed by atoms with van der Waals surface area (Å²) in [5.41, 5.74) is 3.02. The molecule has 0 aliphatic rings. The van der Waals surface area contributed by atoms with Crippen LogP contribution in [0.5, 0.6) is 11.6 Å². The Kier molecular flexibility index (Phi) is 4.30. The number of aromatic nitrogens is 3. The molecule has 0 aliphatic carbocycles. The minimum absolute atomic E-state index is 0.162. The summed E-state index contributed by atoms with van der Waals surface area (Å²) in [5, 5.41) is 0. The standard InChI is InChI=1S/C21H18N4O2/c1-25(2)18-8-5-13-22-21(18)27-15-11-9-14(10-12-15)19(26)20-23-16-6-3-4-7-17(16)24-20/h3-13H,1-2H3,(H,23,24). The number of nitrogens with one attached hydrogen (secondary N) is 1. The SMILES string of the molecule is CN(C)c1cccnc1Oc1ccc(C(=O)c2nc3ccccc3[nH]2)cc1. The number of hydrogen-bond donors (Lipinski definition) is 1. The van der Waals surface area contributed by atoms with Gasteiger partial charge in [0.1, 0.15) is 5.75 Å². The van der Waals surface area contributed by atoms with Crippen molar-refractivity contribution in [3.8, 4) is 11.6 Å². The number of rotatable bonds is 5. The molecule has 0 amide bonds. The zero-order chi connectivity index (χ0) is 18.8. The molecule has 1 N–H and O–H groups in total. The fraction of sp³-hybridized carbons (Fsp3) is 0.0952. The Labute approximate surface area is 156 Å². The summed E-state index contributed by atoms with van der Waals surface area (Å²) in [7, 11) is 3.86. The van der Waals surface area contributed by atoms with E-state index >= 15 is 0 Å². The molecule has 4 aromatic rings. The van der Waals surface area contributed by atoms with Gasteiger partial charge in [-0.2, -0.15) is 0 Å². The lowest BCUT2D eigenvalue weighted by Gasteiger charge is -2.16. The van der Waals surface area contributed by atoms with Crippen molar-refractivity contribution in [1.82, 2.24) is 15.0 Å². The maximum absolute atomic E-state index is 12.7. The lowest BCUT2D eigenvalue weighted by atomic mass is 10.1. The second-order valence-corrected chi connectivity index (χ2v) is 6.28. The third-order valence-electron chi connectivity index (χ3n) is 4.17. The topological polar surface area (TPSA) is 71.1 Å². The number of fused-ring (bicyclic) bond motifs is 1. The molecule has 0 unspecified atom stereocenters. The Morgan fingerprint density at radius 3 is 2.52 bits per heavy atom. The number of ether oxygens (including phenoxy) is 1. The van der Waals surface area contributed by atoms with Gasteiger partial charge in [0.05, 0.1) is 16.7 Å². The number of hydrogen-bond acceptors (Lipinski definition) is 5. The molecule has 2 aromatic heterocycles. The highest BCUT2D eigenvalue weighted by Crippen LogP contribution is 2.28. The van der Waals surface area contributed by atoms with Crippen LogP contribution < -0.4 is 9.64 Å². The van der Waals surface area contributed by atoms with Gasteiger partial charge >= 0.3 is 0 Å². The first-order chi connectivity index (χ1) is 13.1. The van der Waals surface area contributed by atoms with Gasteiger partial charge in [0.25, 0.3) is 0 Å². The number of imidazole rings is 1. The van der Waals surface area contributed by atoms with Crippen LogP contribution in [-0.2, 0) is 0 Å². The first kappa shape index (κ1) is 16.8. The van der Waals surface area contributed by atoms with Gasteiger partial charge in [0.2, 0.25) is 11.7 Å². The second-order valence-electron chi connectivity index (χ2n) is 6.28. The van der Waals surface area contributed by atoms with Gasteiger partial charge in [-0.25, -0.2) is 9.97 Å². The van der Waals surface area contributed by atoms with E-state index < -0.39 is 0 Å². The highest BCUT2D eigenvalue weighted by Gasteiger charge is 2.14. The first-order valence-electron chi connectivity index (χ1n) is 8.51. The molecule has 0 spiro atoms. The zero-order valence-electron chi connectivity index (χ0n) is 15.0. The lowest BCUT2D eigenvalue weighted by molar-refractivity contribution is 0.103. The predicted molar refractivity (Wildman–Crippen MR) is 105 cm³/mol. The van der Waals surface area contributed by atoms with E-state index in [2.05, 4.69) is 15.0 Å². The van der Waals surface area contributed by atoms with Crippen LogP contribution in [0, 0.1) is 0 Å². The minimum Gasteiger partial charge on any atom is -0.437 e. The average Bonchev–Trinajstić information content (AvgIpc) is 3.12. The second kappa shape index (κ2) is 6.92. The molecule has 0 saturated heterocycles. The summed E-state index contributed by atoms with van der Waals surface area (Å²) < 4.78 is 5.87. The van der Waals surface area contributed by atoms with Crippen molar-refractivity contribution in [1.29, 1.82) is 0 Å². The molecule has 4 rings (SSSR count). The van der Waals surface area contributed by atoms with E-state index in [-0.39, 0.29) is 5.78 Å². The van der Waals surface area contributed by atoms with Gasteiger partial charge in [-0.15, -0.1) is 0 Å². The number of H-pyrrole nitrogens is 1. The number of ketones is 1. The number of para-hydroxylation sites is 2. The number of anilines is 1. The maximum Gasteiger partial charge on any atom is 0.243 e. The number of benzene rings is 2. The van der Waals surface area contributed by atoms with Crippen molar-refractivity contribution in [2.75, 3.05) is 19.0 Å². The first-order valence-corrected chi connectivity index (χ1v) is 8.51. The van der Waals surface area contributed by atoms with Crippen molar-refractivity contribution in [2.24, 2.45) is 0 Å². The Morgan fingerprint density at radius 1 is 1.00 bits per heavy atom. The smallest absolute Gasteiger partial charge is 0.243 e. The molecule has 6 heteroatoms. The molecular formula is C21H18N4O2. The van der Waals surface area contributed by atoms with Gasteiger partial charge in [-0.1, -0.05) is 12.1 Å². The quantitative estimate of drug-likeness (QED) is 0.545. The monoisotopic (exact) mass is 358 g/mol. The van der Waals surface area contributed by atoms with E-state index in [4.69, 9.17) is 4.74 Å². The minimum atomic E-state index is -0.162. The summed E-state index contributed by atoms with van der Waals surface area (Å²) in [6.07, 6.45) is 1.68. The Morgan fingerprint density at radius 2 is 1.78 bits per heavy atom. The zero-order valence-corrected chi connectivity index (χ0v) is 15.0. The van der Waals surface area contributed by atoms with Gasteiger partial charge < -0.3 is 14.6 Å². The highest BCUT2D eigenvalue weighted by atomic mass is 16.5. The van der Waals surface area contributed by atoms with Crippen molar-refractivity contribution in [3.05, 3.63) is 78.2 Å². The molecule has 2 aromatic carbocycles. The van der Waals surface area contributed by atoms with E-state index in [0.29, 0.717) is 23.0 Å². The van der Waals surface area contributed by atoms with Crippen LogP contribution in [0.25, 0.3) is 11.0 Å². The maximum atomic E-state index is 12.7. The van der Waals surface area contributed by atoms with Gasteiger partial charge in [-0.3, -0.25) is 4.79 Å². The number of carbonyl (C=O) groups excluding carboxylic acids is 1. The van der Waals surface area contributed by atoms with Crippen LogP contribution in [0.4, 0.5) is 5.69 Å². The number of carbonyl (C=O) groups is 1. The fourth-order valence-corrected chi connectivity index (χ4v) is 2.78. The van der Waals surface area contributed by atoms with Crippen LogP contribution in [0.2, 0.25) is 0 Å². The van der Waals surface area contributed by atoms with Gasteiger partial charge in [0, 0.05) is 25.9 Å². The number of aromatic amines is 1. The third kappa shape index (κ3) is 3.37. The summed E-state index contributed by atoms with van der Waals surface area (Å²) in [6.45, 7) is 0. The fourth-order valence-electron chi connectivity index (χ4n) is 2.78. The molecule has 0 bridgehead atoms. The largest absolute Gasteiger partial charge is 0.437 e. The van der Waals surface area contributed by atoms with E-state index in [1.165, 1.54) is 0 Å². The molecule has 134 valence electrons. The van der Waals surface area contributed by atoms with Crippen molar-refractivity contribution < 1.29 is 9.53 Å². The molecule has 0 atom stereocenters. The van der Waals surface area contributed by atoms with Crippen LogP contribution in [-0.4, -0.2) is 34.8 Å². The number of nitrogens with zero attached hydrogens (tertiary/aromatic N) is 3. The molecule has 0 fully saturated rings. The van der Waals surface area contributed by atoms with E-state index in [1.807, 2.05) is 55.4 Å². The van der Waals surface area contributed by atoms with Crippen LogP contribution in [0.1, 0.15) is 16.2 Å². The van der Waals surface area contributed by atoms with Crippen LogP contribution >= 0.6 is 0 Å². The molecular weight excluding hydrogens is 340 g/mol. The van der Waals surface area contributed by atoms with E-state index in [0.717, 1.165) is 16.7 Å². The van der Waals surface area contributed by atoms with Crippen LogP contribution in [0.3, 0.4) is 0 Å². The summed E-state index contributed by atoms with van der Waals surface area (Å²) in [5.74, 6) is 1.28. The molecule has 2 heterocycles. The van der Waals surface area contributed by atoms with Crippen molar-refractivity contribution in [2.45, 2.75) is 0 Å². The molecule has 0 radical (unpaired) electrons. The summed E-state index contributed by atoms with van der Waals surface area (Å²) in [4.78, 5) is 26.3. The normalized spacial score (nSPS) is 10.7. The van der Waals surface area contributed by atoms with Crippen molar-refractivity contribution in [3.63, 3.8) is 0 Å². The Balaban J connectivity index is 1.56. The summed E-state index contributed by atoms with van der Waals surface area (Å²) in [6, 6.07) is 18.3. The molecule has 0 saturated carbocycles. The predicted octanol–water partition coefficient (Wildman–Crippen LogP) is 4.05. The van der Waals surface area contributed by atoms with E-state index in [1.54, 1.807) is 30.5 Å². The van der Waals surface area contributed by atoms with Crippen molar-refractivity contribution >= 4 is 22.5 Å². The van der Waals surface area contributed by atoms with Crippen LogP contribution in [0.15, 0.2) is 66.9 Å². The molecule has 6 nitrogen and oxygen atoms in total. The highest BCUT2D eigenvalue weighted by molar-refractivity contribution is 6.08. The Bertz CT molecular complexity index is 1070. The van der Waals surface area contributed by atoms with Gasteiger partial charge in [0.15, 0.2) is 5.82 Å². The molecule has 27 heavy (non-hydrogen) atoms. The third-order valence-corrected chi connectivity index (χ3v) is 4.17. The molecule has 0 aliphatic heterocycles. The lowest BCUT2D eigenvalue weighted by Crippen LogP contribution is -2.10. The Hall–Kier alpha value is -3.67. The number of pyridine rings is 1. The van der Waals surface area contributed by atoms with E-state index in [9.17, 15) is 4.79 Å². The van der Waals surface area contributed by atoms with Gasteiger partial charge in [-0.05, 0) is 48.5 Å².